The van der Waals surface area contributed by atoms with Crippen molar-refractivity contribution in [1.29, 1.82) is 0 Å². The minimum Gasteiger partial charge on any atom is -0.309 e. The van der Waals surface area contributed by atoms with Crippen molar-refractivity contribution in [3.05, 3.63) is 40.8 Å². The molecule has 0 radical (unpaired) electrons. The van der Waals surface area contributed by atoms with Crippen LogP contribution in [0.2, 0.25) is 0 Å². The number of aromatic nitrogens is 2. The lowest BCUT2D eigenvalue weighted by atomic mass is 10.3. The lowest BCUT2D eigenvalue weighted by Gasteiger charge is -2.00. The van der Waals surface area contributed by atoms with Gasteiger partial charge < -0.3 is 4.57 Å². The Morgan fingerprint density at radius 3 is 2.57 bits per heavy atom. The molecule has 0 saturated heterocycles. The molecular weight excluding hydrogens is 176 g/mol. The Kier molecular flexibility index (Phi) is 3.40. The van der Waals surface area contributed by atoms with Crippen LogP contribution in [0.25, 0.3) is 11.0 Å². The Morgan fingerprint density at radius 2 is 1.86 bits per heavy atom. The molecule has 1 heterocycles. The average molecular weight is 190 g/mol. The Hall–Kier alpha value is -1.64. The van der Waals surface area contributed by atoms with Gasteiger partial charge >= 0.3 is 0 Å². The number of rotatable bonds is 0. The fourth-order valence-corrected chi connectivity index (χ4v) is 1.19. The second-order valence-corrected chi connectivity index (χ2v) is 2.64. The highest BCUT2D eigenvalue weighted by Crippen LogP contribution is 2.05. The Labute approximate surface area is 83.0 Å². The molecule has 0 fully saturated rings. The van der Waals surface area contributed by atoms with Gasteiger partial charge in [-0.25, -0.2) is 4.98 Å². The van der Waals surface area contributed by atoms with Crippen LogP contribution >= 0.6 is 0 Å². The van der Waals surface area contributed by atoms with E-state index in [0.29, 0.717) is 0 Å². The third kappa shape index (κ3) is 1.82. The number of nitrogens with zero attached hydrogens (tertiary/aromatic N) is 2. The van der Waals surface area contributed by atoms with Crippen LogP contribution in [0, 0.1) is 0 Å². The van der Waals surface area contributed by atoms with Crippen molar-refractivity contribution >= 4 is 11.0 Å². The van der Waals surface area contributed by atoms with Crippen LogP contribution in [-0.2, 0) is 7.05 Å². The first-order chi connectivity index (χ1) is 6.79. The van der Waals surface area contributed by atoms with Gasteiger partial charge in [0.1, 0.15) is 0 Å². The summed E-state index contributed by atoms with van der Waals surface area (Å²) < 4.78 is 1.59. The molecule has 1 aromatic carbocycles. The summed E-state index contributed by atoms with van der Waals surface area (Å²) in [6.07, 6.45) is 1.34. The topological polar surface area (TPSA) is 34.9 Å². The van der Waals surface area contributed by atoms with Gasteiger partial charge in [-0.2, -0.15) is 0 Å². The average Bonchev–Trinajstić information content (AvgIpc) is 2.27. The zero-order valence-corrected chi connectivity index (χ0v) is 8.69. The van der Waals surface area contributed by atoms with Crippen LogP contribution in [0.1, 0.15) is 13.8 Å². The molecule has 0 saturated carbocycles. The molecule has 2 rings (SSSR count). The molecule has 0 atom stereocenters. The molecule has 0 spiro atoms. The van der Waals surface area contributed by atoms with E-state index < -0.39 is 0 Å². The van der Waals surface area contributed by atoms with Crippen molar-refractivity contribution in [3.8, 4) is 0 Å². The summed E-state index contributed by atoms with van der Waals surface area (Å²) in [4.78, 5) is 15.1. The lowest BCUT2D eigenvalue weighted by Crippen LogP contribution is -2.16. The third-order valence-electron chi connectivity index (χ3n) is 1.89. The van der Waals surface area contributed by atoms with Crippen LogP contribution < -0.4 is 5.56 Å². The smallest absolute Gasteiger partial charge is 0.269 e. The molecule has 3 nitrogen and oxygen atoms in total. The monoisotopic (exact) mass is 190 g/mol. The number of benzene rings is 1. The molecule has 0 aliphatic carbocycles. The van der Waals surface area contributed by atoms with Gasteiger partial charge in [-0.3, -0.25) is 4.79 Å². The number of fused-ring (bicyclic) bond motifs is 1. The van der Waals surface area contributed by atoms with E-state index in [-0.39, 0.29) is 5.56 Å². The summed E-state index contributed by atoms with van der Waals surface area (Å²) in [6, 6.07) is 7.56. The van der Waals surface area contributed by atoms with E-state index >= 15 is 0 Å². The maximum Gasteiger partial charge on any atom is 0.269 e. The number of para-hydroxylation sites is 2. The predicted molar refractivity (Wildman–Crippen MR) is 58.3 cm³/mol. The summed E-state index contributed by atoms with van der Waals surface area (Å²) in [5, 5.41) is 0. The van der Waals surface area contributed by atoms with Crippen LogP contribution in [-0.4, -0.2) is 9.55 Å². The van der Waals surface area contributed by atoms with Gasteiger partial charge in [0.25, 0.3) is 5.56 Å². The molecule has 3 heteroatoms. The van der Waals surface area contributed by atoms with E-state index in [1.807, 2.05) is 38.1 Å². The maximum absolute atomic E-state index is 11.1. The van der Waals surface area contributed by atoms with E-state index in [4.69, 9.17) is 0 Å². The fraction of sp³-hybridized carbons (Fsp3) is 0.273. The van der Waals surface area contributed by atoms with Crippen LogP contribution in [0.3, 0.4) is 0 Å². The molecule has 0 aliphatic rings. The van der Waals surface area contributed by atoms with Gasteiger partial charge in [0.05, 0.1) is 17.2 Å². The Bertz CT molecular complexity index is 474. The summed E-state index contributed by atoms with van der Waals surface area (Å²) in [5.41, 5.74) is 1.64. The van der Waals surface area contributed by atoms with Crippen molar-refractivity contribution in [3.63, 3.8) is 0 Å². The second kappa shape index (κ2) is 4.56. The summed E-state index contributed by atoms with van der Waals surface area (Å²) >= 11 is 0. The van der Waals surface area contributed by atoms with Gasteiger partial charge in [0, 0.05) is 7.05 Å². The molecule has 0 aliphatic heterocycles. The van der Waals surface area contributed by atoms with Crippen molar-refractivity contribution in [2.24, 2.45) is 7.05 Å². The molecule has 1 aromatic heterocycles. The molecule has 14 heavy (non-hydrogen) atoms. The van der Waals surface area contributed by atoms with E-state index in [0.717, 1.165) is 11.0 Å². The quantitative estimate of drug-likeness (QED) is 0.636. The molecule has 0 unspecified atom stereocenters. The van der Waals surface area contributed by atoms with Crippen molar-refractivity contribution in [1.82, 2.24) is 9.55 Å². The van der Waals surface area contributed by atoms with Gasteiger partial charge in [0.2, 0.25) is 0 Å². The van der Waals surface area contributed by atoms with E-state index in [1.165, 1.54) is 6.20 Å². The second-order valence-electron chi connectivity index (χ2n) is 2.64. The largest absolute Gasteiger partial charge is 0.309 e. The first kappa shape index (κ1) is 10.4. The molecule has 0 bridgehead atoms. The minimum absolute atomic E-state index is 0.0753. The molecule has 0 amide bonds. The molecular formula is C11H14N2O. The zero-order chi connectivity index (χ0) is 10.6. The Morgan fingerprint density at radius 1 is 1.21 bits per heavy atom. The summed E-state index contributed by atoms with van der Waals surface area (Å²) in [7, 11) is 1.74. The number of aryl methyl sites for hydroxylation is 1. The van der Waals surface area contributed by atoms with Gasteiger partial charge in [-0.05, 0) is 12.1 Å². The van der Waals surface area contributed by atoms with Crippen LogP contribution in [0.5, 0.6) is 0 Å². The standard InChI is InChI=1S/C9H8N2O.C2H6/c1-11-8-5-3-2-4-7(8)10-6-9(11)12;1-2/h2-6H,1H3;1-2H3. The van der Waals surface area contributed by atoms with E-state index in [2.05, 4.69) is 4.98 Å². The summed E-state index contributed by atoms with van der Waals surface area (Å²) in [6.45, 7) is 4.00. The highest BCUT2D eigenvalue weighted by molar-refractivity contribution is 5.73. The third-order valence-corrected chi connectivity index (χ3v) is 1.89. The molecule has 74 valence electrons. The van der Waals surface area contributed by atoms with Gasteiger partial charge in [-0.1, -0.05) is 26.0 Å². The normalized spacial score (nSPS) is 9.36. The first-order valence-corrected chi connectivity index (χ1v) is 4.70. The Balaban J connectivity index is 0.000000461. The van der Waals surface area contributed by atoms with Crippen LogP contribution in [0.4, 0.5) is 0 Å². The van der Waals surface area contributed by atoms with Gasteiger partial charge in [0.15, 0.2) is 0 Å². The summed E-state index contributed by atoms with van der Waals surface area (Å²) in [5.74, 6) is 0. The highest BCUT2D eigenvalue weighted by Gasteiger charge is 1.96. The predicted octanol–water partition coefficient (Wildman–Crippen LogP) is 1.96. The van der Waals surface area contributed by atoms with Crippen LogP contribution in [0.15, 0.2) is 35.3 Å². The van der Waals surface area contributed by atoms with Gasteiger partial charge in [-0.15, -0.1) is 0 Å². The minimum atomic E-state index is -0.0753. The van der Waals surface area contributed by atoms with Crippen molar-refractivity contribution in [2.45, 2.75) is 13.8 Å². The molecule has 0 N–H and O–H groups in total. The lowest BCUT2D eigenvalue weighted by molar-refractivity contribution is 0.892. The maximum atomic E-state index is 11.1. The van der Waals surface area contributed by atoms with E-state index in [1.54, 1.807) is 11.6 Å². The fourth-order valence-electron chi connectivity index (χ4n) is 1.19. The number of hydrogen-bond donors (Lipinski definition) is 0. The van der Waals surface area contributed by atoms with Crippen molar-refractivity contribution in [2.75, 3.05) is 0 Å². The first-order valence-electron chi connectivity index (χ1n) is 4.70. The zero-order valence-electron chi connectivity index (χ0n) is 8.69. The van der Waals surface area contributed by atoms with Crippen molar-refractivity contribution < 1.29 is 0 Å². The molecule has 2 aromatic rings. The van der Waals surface area contributed by atoms with E-state index in [9.17, 15) is 4.79 Å². The number of hydrogen-bond acceptors (Lipinski definition) is 2. The SMILES string of the molecule is CC.Cn1c(=O)cnc2ccccc21. The highest BCUT2D eigenvalue weighted by atomic mass is 16.1.